The van der Waals surface area contributed by atoms with Crippen LogP contribution in [0.15, 0.2) is 24.3 Å². The number of carbonyl (C=O) groups excluding carboxylic acids is 2. The van der Waals surface area contributed by atoms with Crippen molar-refractivity contribution in [2.75, 3.05) is 6.54 Å². The van der Waals surface area contributed by atoms with Crippen molar-refractivity contribution in [3.63, 3.8) is 0 Å². The maximum atomic E-state index is 11.7. The summed E-state index contributed by atoms with van der Waals surface area (Å²) in [5.41, 5.74) is 1.23. The summed E-state index contributed by atoms with van der Waals surface area (Å²) in [4.78, 5) is 24.9. The number of ether oxygens (including phenoxy) is 1. The fraction of sp³-hybridized carbons (Fsp3) is 0.579. The summed E-state index contributed by atoms with van der Waals surface area (Å²) < 4.78 is 5.68. The summed E-state index contributed by atoms with van der Waals surface area (Å²) in [6.45, 7) is 8.89. The first kappa shape index (κ1) is 17.5. The normalized spacial score (nSPS) is 16.5. The Kier molecular flexibility index (Phi) is 5.80. The Morgan fingerprint density at radius 3 is 2.04 bits per heavy atom. The monoisotopic (exact) mass is 317 g/mol. The number of hydrogen-bond acceptors (Lipinski definition) is 3. The van der Waals surface area contributed by atoms with Crippen molar-refractivity contribution in [3.05, 3.63) is 29.8 Å². The zero-order chi connectivity index (χ0) is 17.0. The van der Waals surface area contributed by atoms with Crippen molar-refractivity contribution < 1.29 is 14.3 Å². The minimum atomic E-state index is -0.0295. The topological polar surface area (TPSA) is 46.6 Å². The van der Waals surface area contributed by atoms with Crippen LogP contribution < -0.4 is 4.74 Å². The molecule has 1 unspecified atom stereocenters. The van der Waals surface area contributed by atoms with E-state index in [1.165, 1.54) is 10.5 Å². The van der Waals surface area contributed by atoms with Gasteiger partial charge < -0.3 is 4.74 Å². The van der Waals surface area contributed by atoms with Crippen LogP contribution in [0.4, 0.5) is 0 Å². The van der Waals surface area contributed by atoms with Gasteiger partial charge >= 0.3 is 0 Å². The molecule has 1 aromatic carbocycles. The Labute approximate surface area is 138 Å². The largest absolute Gasteiger partial charge is 0.491 e. The van der Waals surface area contributed by atoms with E-state index in [-0.39, 0.29) is 17.9 Å². The molecule has 1 saturated heterocycles. The average Bonchev–Trinajstić information content (AvgIpc) is 2.79. The number of amides is 2. The third-order valence-electron chi connectivity index (χ3n) is 4.30. The van der Waals surface area contributed by atoms with Crippen LogP contribution >= 0.6 is 0 Å². The molecule has 1 aliphatic rings. The lowest BCUT2D eigenvalue weighted by Gasteiger charge is -2.24. The van der Waals surface area contributed by atoms with Gasteiger partial charge in [-0.3, -0.25) is 14.5 Å². The molecule has 0 spiro atoms. The molecule has 2 rings (SSSR count). The Morgan fingerprint density at radius 1 is 1.00 bits per heavy atom. The van der Waals surface area contributed by atoms with Crippen molar-refractivity contribution in [3.8, 4) is 5.75 Å². The fourth-order valence-electron chi connectivity index (χ4n) is 3.09. The van der Waals surface area contributed by atoms with Gasteiger partial charge in [0.25, 0.3) is 0 Å². The van der Waals surface area contributed by atoms with Crippen LogP contribution in [0.1, 0.15) is 58.4 Å². The quantitative estimate of drug-likeness (QED) is 0.720. The van der Waals surface area contributed by atoms with Crippen molar-refractivity contribution in [2.45, 2.75) is 59.0 Å². The maximum absolute atomic E-state index is 11.7. The number of imide groups is 1. The van der Waals surface area contributed by atoms with Gasteiger partial charge in [-0.2, -0.15) is 0 Å². The number of nitrogens with zero attached hydrogens (tertiary/aromatic N) is 1. The number of hydrogen-bond donors (Lipinski definition) is 0. The molecule has 0 N–H and O–H groups in total. The highest BCUT2D eigenvalue weighted by Gasteiger charge is 2.29. The Hall–Kier alpha value is -1.84. The highest BCUT2D eigenvalue weighted by molar-refractivity contribution is 6.01. The smallest absolute Gasteiger partial charge is 0.229 e. The van der Waals surface area contributed by atoms with Crippen LogP contribution in [0.5, 0.6) is 5.75 Å². The van der Waals surface area contributed by atoms with Gasteiger partial charge in [-0.15, -0.1) is 0 Å². The van der Waals surface area contributed by atoms with Crippen LogP contribution in [-0.2, 0) is 9.59 Å². The van der Waals surface area contributed by atoms with E-state index in [1.807, 2.05) is 26.0 Å². The molecule has 0 radical (unpaired) electrons. The molecule has 1 heterocycles. The summed E-state index contributed by atoms with van der Waals surface area (Å²) >= 11 is 0. The maximum Gasteiger partial charge on any atom is 0.229 e. The van der Waals surface area contributed by atoms with E-state index in [4.69, 9.17) is 4.74 Å². The standard InChI is InChI=1S/C19H27NO3/c1-13(2)17(11-12-20-18(21)9-10-19(20)22)15-5-7-16(8-6-15)23-14(3)4/h5-8,13-14,17H,9-12H2,1-4H3. The van der Waals surface area contributed by atoms with Gasteiger partial charge in [0.2, 0.25) is 11.8 Å². The third-order valence-corrected chi connectivity index (χ3v) is 4.30. The van der Waals surface area contributed by atoms with E-state index < -0.39 is 0 Å². The molecule has 2 amide bonds. The van der Waals surface area contributed by atoms with Crippen molar-refractivity contribution in [1.29, 1.82) is 0 Å². The Morgan fingerprint density at radius 2 is 1.57 bits per heavy atom. The molecule has 4 nitrogen and oxygen atoms in total. The number of benzene rings is 1. The number of carbonyl (C=O) groups is 2. The summed E-state index contributed by atoms with van der Waals surface area (Å²) in [5.74, 6) is 1.58. The van der Waals surface area contributed by atoms with Crippen LogP contribution in [0.2, 0.25) is 0 Å². The van der Waals surface area contributed by atoms with E-state index >= 15 is 0 Å². The second-order valence-electron chi connectivity index (χ2n) is 6.81. The molecule has 126 valence electrons. The van der Waals surface area contributed by atoms with Gasteiger partial charge in [-0.05, 0) is 49.8 Å². The van der Waals surface area contributed by atoms with E-state index in [0.717, 1.165) is 12.2 Å². The molecule has 0 bridgehead atoms. The second-order valence-corrected chi connectivity index (χ2v) is 6.81. The summed E-state index contributed by atoms with van der Waals surface area (Å²) in [7, 11) is 0. The molecule has 0 saturated carbocycles. The van der Waals surface area contributed by atoms with Gasteiger partial charge in [0, 0.05) is 19.4 Å². The van der Waals surface area contributed by atoms with E-state index in [0.29, 0.717) is 31.2 Å². The van der Waals surface area contributed by atoms with Crippen molar-refractivity contribution >= 4 is 11.8 Å². The lowest BCUT2D eigenvalue weighted by molar-refractivity contribution is -0.138. The molecule has 23 heavy (non-hydrogen) atoms. The summed E-state index contributed by atoms with van der Waals surface area (Å²) in [6, 6.07) is 8.18. The molecule has 0 aliphatic carbocycles. The SMILES string of the molecule is CC(C)Oc1ccc(C(CCN2C(=O)CCC2=O)C(C)C)cc1. The first-order valence-electron chi connectivity index (χ1n) is 8.48. The van der Waals surface area contributed by atoms with Crippen LogP contribution in [-0.4, -0.2) is 29.4 Å². The van der Waals surface area contributed by atoms with Gasteiger partial charge in [0.15, 0.2) is 0 Å². The third kappa shape index (κ3) is 4.57. The van der Waals surface area contributed by atoms with Gasteiger partial charge in [0.05, 0.1) is 6.10 Å². The Bertz CT molecular complexity index is 532. The molecule has 1 aliphatic heterocycles. The zero-order valence-electron chi connectivity index (χ0n) is 14.5. The lowest BCUT2D eigenvalue weighted by Crippen LogP contribution is -2.31. The Balaban J connectivity index is 2.03. The van der Waals surface area contributed by atoms with E-state index in [9.17, 15) is 9.59 Å². The van der Waals surface area contributed by atoms with Crippen molar-refractivity contribution in [2.24, 2.45) is 5.92 Å². The van der Waals surface area contributed by atoms with Gasteiger partial charge in [-0.1, -0.05) is 26.0 Å². The van der Waals surface area contributed by atoms with Gasteiger partial charge in [0.1, 0.15) is 5.75 Å². The highest BCUT2D eigenvalue weighted by atomic mass is 16.5. The van der Waals surface area contributed by atoms with E-state index in [2.05, 4.69) is 26.0 Å². The molecule has 1 fully saturated rings. The molecular weight excluding hydrogens is 290 g/mol. The lowest BCUT2D eigenvalue weighted by atomic mass is 9.85. The summed E-state index contributed by atoms with van der Waals surface area (Å²) in [5, 5.41) is 0. The number of likely N-dealkylation sites (tertiary alicyclic amines) is 1. The average molecular weight is 317 g/mol. The van der Waals surface area contributed by atoms with Gasteiger partial charge in [-0.25, -0.2) is 0 Å². The number of rotatable bonds is 7. The predicted octanol–water partition coefficient (Wildman–Crippen LogP) is 3.75. The first-order valence-corrected chi connectivity index (χ1v) is 8.48. The van der Waals surface area contributed by atoms with Crippen LogP contribution in [0, 0.1) is 5.92 Å². The summed E-state index contributed by atoms with van der Waals surface area (Å²) in [6.07, 6.45) is 1.70. The molecule has 1 aromatic rings. The second kappa shape index (κ2) is 7.62. The fourth-order valence-corrected chi connectivity index (χ4v) is 3.09. The first-order chi connectivity index (χ1) is 10.9. The molecule has 1 atom stereocenters. The highest BCUT2D eigenvalue weighted by Crippen LogP contribution is 2.30. The molecule has 4 heteroatoms. The zero-order valence-corrected chi connectivity index (χ0v) is 14.5. The minimum absolute atomic E-state index is 0.0295. The predicted molar refractivity (Wildman–Crippen MR) is 90.4 cm³/mol. The molecular formula is C19H27NO3. The van der Waals surface area contributed by atoms with Crippen LogP contribution in [0.3, 0.4) is 0 Å². The molecule has 0 aromatic heterocycles. The minimum Gasteiger partial charge on any atom is -0.491 e. The van der Waals surface area contributed by atoms with Crippen LogP contribution in [0.25, 0.3) is 0 Å². The van der Waals surface area contributed by atoms with Crippen molar-refractivity contribution in [1.82, 2.24) is 4.90 Å². The van der Waals surface area contributed by atoms with E-state index in [1.54, 1.807) is 0 Å².